The topological polar surface area (TPSA) is 43.3 Å². The van der Waals surface area contributed by atoms with E-state index in [0.717, 1.165) is 35.9 Å². The molecule has 5 heteroatoms. The second kappa shape index (κ2) is 6.21. The van der Waals surface area contributed by atoms with Crippen molar-refractivity contribution in [2.45, 2.75) is 45.8 Å². The fourth-order valence-electron chi connectivity index (χ4n) is 2.89. The van der Waals surface area contributed by atoms with Gasteiger partial charge in [0.15, 0.2) is 0 Å². The molecule has 1 aliphatic rings. The number of hydrogen-bond donors (Lipinski definition) is 1. The Hall–Kier alpha value is -1.68. The predicted octanol–water partition coefficient (Wildman–Crippen LogP) is 4.00. The van der Waals surface area contributed by atoms with Crippen molar-refractivity contribution in [2.75, 3.05) is 6.54 Å². The highest BCUT2D eigenvalue weighted by Crippen LogP contribution is 2.38. The normalized spacial score (nSPS) is 16.6. The first-order chi connectivity index (χ1) is 10.7. The second-order valence-corrected chi connectivity index (χ2v) is 6.11. The summed E-state index contributed by atoms with van der Waals surface area (Å²) in [6.45, 7) is 5.58. The molecule has 0 bridgehead atoms. The molecule has 0 spiro atoms. The molecule has 2 aromatic rings. The second-order valence-electron chi connectivity index (χ2n) is 5.71. The lowest BCUT2D eigenvalue weighted by atomic mass is 10.2. The van der Waals surface area contributed by atoms with Crippen LogP contribution in [0.5, 0.6) is 5.75 Å². The SMILES string of the molecule is CCCCNC(=O)c1cc2c(Cl)ccc3c2n1CC(CC)O3. The minimum absolute atomic E-state index is 0.0385. The van der Waals surface area contributed by atoms with E-state index in [1.807, 2.05) is 18.2 Å². The van der Waals surface area contributed by atoms with Crippen LogP contribution in [-0.4, -0.2) is 23.1 Å². The molecule has 1 aromatic heterocycles. The third-order valence-electron chi connectivity index (χ3n) is 4.15. The molecular formula is C17H21ClN2O2. The number of nitrogens with zero attached hydrogens (tertiary/aromatic N) is 1. The number of carbonyl (C=O) groups excluding carboxylic acids is 1. The molecule has 1 aliphatic heterocycles. The summed E-state index contributed by atoms with van der Waals surface area (Å²) in [5.41, 5.74) is 1.60. The molecule has 0 radical (unpaired) electrons. The van der Waals surface area contributed by atoms with Gasteiger partial charge in [-0.1, -0.05) is 31.9 Å². The lowest BCUT2D eigenvalue weighted by Crippen LogP contribution is -2.31. The Balaban J connectivity index is 2.03. The third-order valence-corrected chi connectivity index (χ3v) is 4.48. The minimum Gasteiger partial charge on any atom is -0.486 e. The number of halogens is 1. The molecule has 22 heavy (non-hydrogen) atoms. The Morgan fingerprint density at radius 2 is 2.27 bits per heavy atom. The molecule has 0 aliphatic carbocycles. The molecule has 1 N–H and O–H groups in total. The third kappa shape index (κ3) is 2.56. The van der Waals surface area contributed by atoms with Crippen LogP contribution in [0.15, 0.2) is 18.2 Å². The van der Waals surface area contributed by atoms with E-state index in [1.165, 1.54) is 0 Å². The van der Waals surface area contributed by atoms with E-state index in [9.17, 15) is 4.79 Å². The molecule has 2 heterocycles. The zero-order valence-electron chi connectivity index (χ0n) is 13.0. The number of unbranched alkanes of at least 4 members (excludes halogenated alkanes) is 1. The van der Waals surface area contributed by atoms with Gasteiger partial charge in [0, 0.05) is 11.9 Å². The van der Waals surface area contributed by atoms with Crippen LogP contribution in [0.2, 0.25) is 5.02 Å². The Morgan fingerprint density at radius 3 is 3.00 bits per heavy atom. The van der Waals surface area contributed by atoms with Crippen LogP contribution in [-0.2, 0) is 6.54 Å². The van der Waals surface area contributed by atoms with E-state index in [2.05, 4.69) is 23.7 Å². The van der Waals surface area contributed by atoms with Crippen LogP contribution in [0.4, 0.5) is 0 Å². The summed E-state index contributed by atoms with van der Waals surface area (Å²) in [6, 6.07) is 5.60. The molecule has 118 valence electrons. The summed E-state index contributed by atoms with van der Waals surface area (Å²) in [7, 11) is 0. The van der Waals surface area contributed by atoms with Crippen LogP contribution in [0.25, 0.3) is 10.9 Å². The Morgan fingerprint density at radius 1 is 1.45 bits per heavy atom. The van der Waals surface area contributed by atoms with E-state index in [0.29, 0.717) is 23.8 Å². The molecular weight excluding hydrogens is 300 g/mol. The van der Waals surface area contributed by atoms with Crippen molar-refractivity contribution in [3.8, 4) is 5.75 Å². The number of benzene rings is 1. The predicted molar refractivity (Wildman–Crippen MR) is 88.9 cm³/mol. The van der Waals surface area contributed by atoms with Gasteiger partial charge in [-0.3, -0.25) is 4.79 Å². The number of ether oxygens (including phenoxy) is 1. The van der Waals surface area contributed by atoms with E-state index >= 15 is 0 Å². The summed E-state index contributed by atoms with van der Waals surface area (Å²) in [5.74, 6) is 0.772. The lowest BCUT2D eigenvalue weighted by molar-refractivity contribution is 0.0937. The Labute approximate surface area is 135 Å². The zero-order chi connectivity index (χ0) is 15.7. The number of aromatic nitrogens is 1. The standard InChI is InChI=1S/C17H21ClN2O2/c1-3-5-8-19-17(21)14-9-12-13(18)6-7-15-16(12)20(14)10-11(4-2)22-15/h6-7,9,11H,3-5,8,10H2,1-2H3,(H,19,21). The van der Waals surface area contributed by atoms with E-state index in [1.54, 1.807) is 0 Å². The molecule has 3 rings (SSSR count). The average Bonchev–Trinajstić information content (AvgIpc) is 2.92. The van der Waals surface area contributed by atoms with Crippen LogP contribution < -0.4 is 10.1 Å². The van der Waals surface area contributed by atoms with Gasteiger partial charge in [0.25, 0.3) is 5.91 Å². The highest BCUT2D eigenvalue weighted by atomic mass is 35.5. The first-order valence-electron chi connectivity index (χ1n) is 7.92. The maximum absolute atomic E-state index is 12.5. The first kappa shape index (κ1) is 15.2. The summed E-state index contributed by atoms with van der Waals surface area (Å²) >= 11 is 6.30. The van der Waals surface area contributed by atoms with Gasteiger partial charge in [-0.25, -0.2) is 0 Å². The maximum Gasteiger partial charge on any atom is 0.267 e. The molecule has 0 fully saturated rings. The molecule has 1 aromatic carbocycles. The average molecular weight is 321 g/mol. The van der Waals surface area contributed by atoms with Crippen molar-refractivity contribution in [1.29, 1.82) is 0 Å². The molecule has 1 atom stereocenters. The van der Waals surface area contributed by atoms with Crippen LogP contribution in [0, 0.1) is 0 Å². The van der Waals surface area contributed by atoms with Crippen molar-refractivity contribution in [3.63, 3.8) is 0 Å². The number of amides is 1. The fourth-order valence-corrected chi connectivity index (χ4v) is 3.10. The fraction of sp³-hybridized carbons (Fsp3) is 0.471. The van der Waals surface area contributed by atoms with Gasteiger partial charge in [-0.05, 0) is 31.0 Å². The monoisotopic (exact) mass is 320 g/mol. The summed E-state index contributed by atoms with van der Waals surface area (Å²) in [6.07, 6.45) is 3.04. The van der Waals surface area contributed by atoms with Crippen molar-refractivity contribution < 1.29 is 9.53 Å². The zero-order valence-corrected chi connectivity index (χ0v) is 13.7. The van der Waals surface area contributed by atoms with Crippen LogP contribution in [0.3, 0.4) is 0 Å². The number of rotatable bonds is 5. The van der Waals surface area contributed by atoms with Gasteiger partial charge in [0.05, 0.1) is 17.1 Å². The van der Waals surface area contributed by atoms with Gasteiger partial charge < -0.3 is 14.6 Å². The molecule has 0 saturated carbocycles. The molecule has 4 nitrogen and oxygen atoms in total. The quantitative estimate of drug-likeness (QED) is 0.846. The number of nitrogens with one attached hydrogen (secondary N) is 1. The largest absolute Gasteiger partial charge is 0.486 e. The molecule has 0 saturated heterocycles. The van der Waals surface area contributed by atoms with Gasteiger partial charge >= 0.3 is 0 Å². The van der Waals surface area contributed by atoms with E-state index < -0.39 is 0 Å². The van der Waals surface area contributed by atoms with Gasteiger partial charge in [-0.15, -0.1) is 0 Å². The Kier molecular flexibility index (Phi) is 4.30. The summed E-state index contributed by atoms with van der Waals surface area (Å²) < 4.78 is 8.04. The highest BCUT2D eigenvalue weighted by molar-refractivity contribution is 6.36. The van der Waals surface area contributed by atoms with Gasteiger partial charge in [0.1, 0.15) is 17.5 Å². The van der Waals surface area contributed by atoms with Crippen molar-refractivity contribution in [3.05, 3.63) is 28.9 Å². The highest BCUT2D eigenvalue weighted by Gasteiger charge is 2.26. The van der Waals surface area contributed by atoms with Crippen LogP contribution in [0.1, 0.15) is 43.6 Å². The van der Waals surface area contributed by atoms with Gasteiger partial charge in [0.2, 0.25) is 0 Å². The number of carbonyl (C=O) groups is 1. The maximum atomic E-state index is 12.5. The first-order valence-corrected chi connectivity index (χ1v) is 8.30. The van der Waals surface area contributed by atoms with Crippen molar-refractivity contribution in [1.82, 2.24) is 9.88 Å². The van der Waals surface area contributed by atoms with Crippen LogP contribution >= 0.6 is 11.6 Å². The lowest BCUT2D eigenvalue weighted by Gasteiger charge is -2.26. The van der Waals surface area contributed by atoms with E-state index in [4.69, 9.17) is 16.3 Å². The minimum atomic E-state index is -0.0385. The molecule has 1 unspecified atom stereocenters. The smallest absolute Gasteiger partial charge is 0.267 e. The Bertz CT molecular complexity index is 708. The molecule has 1 amide bonds. The van der Waals surface area contributed by atoms with Gasteiger partial charge in [-0.2, -0.15) is 0 Å². The summed E-state index contributed by atoms with van der Waals surface area (Å²) in [5, 5.41) is 4.52. The van der Waals surface area contributed by atoms with Crippen molar-refractivity contribution >= 4 is 28.4 Å². The van der Waals surface area contributed by atoms with Crippen molar-refractivity contribution in [2.24, 2.45) is 0 Å². The number of hydrogen-bond acceptors (Lipinski definition) is 2. The van der Waals surface area contributed by atoms with E-state index in [-0.39, 0.29) is 12.0 Å². The summed E-state index contributed by atoms with van der Waals surface area (Å²) in [4.78, 5) is 12.5.